The van der Waals surface area contributed by atoms with Gasteiger partial charge in [0.05, 0.1) is 24.9 Å². The van der Waals surface area contributed by atoms with E-state index < -0.39 is 56.2 Å². The van der Waals surface area contributed by atoms with Gasteiger partial charge in [-0.3, -0.25) is 4.90 Å². The number of rotatable bonds is 7. The van der Waals surface area contributed by atoms with Crippen molar-refractivity contribution in [2.24, 2.45) is 0 Å². The Morgan fingerprint density at radius 1 is 1.02 bits per heavy atom. The monoisotopic (exact) mass is 581 g/mol. The molecule has 1 heterocycles. The Labute approximate surface area is 242 Å². The molecule has 0 unspecified atom stereocenters. The Hall–Kier alpha value is -3.47. The molecule has 0 bridgehead atoms. The number of hydrogen-bond acceptors (Lipinski definition) is 8. The predicted octanol–water partition coefficient (Wildman–Crippen LogP) is 4.86. The molecule has 0 aromatic heterocycles. The van der Waals surface area contributed by atoms with Crippen molar-refractivity contribution in [1.29, 1.82) is 0 Å². The molecule has 41 heavy (non-hydrogen) atoms. The number of benzene rings is 2. The lowest BCUT2D eigenvalue weighted by Crippen LogP contribution is -2.64. The van der Waals surface area contributed by atoms with Gasteiger partial charge in [0.15, 0.2) is 13.9 Å². The fourth-order valence-electron chi connectivity index (χ4n) is 5.07. The van der Waals surface area contributed by atoms with E-state index in [1.54, 1.807) is 36.4 Å². The molecule has 0 radical (unpaired) electrons. The van der Waals surface area contributed by atoms with E-state index in [1.165, 1.54) is 18.1 Å². The Balaban J connectivity index is 1.79. The van der Waals surface area contributed by atoms with Gasteiger partial charge in [-0.1, -0.05) is 75.4 Å². The Bertz CT molecular complexity index is 1280. The Morgan fingerprint density at radius 3 is 2.22 bits per heavy atom. The Morgan fingerprint density at radius 2 is 1.63 bits per heavy atom. The number of carbonyl (C=O) groups is 3. The molecule has 4 rings (SSSR count). The molecule has 2 aromatic rings. The highest BCUT2D eigenvalue weighted by Crippen LogP contribution is 2.47. The molecule has 0 saturated carbocycles. The maximum Gasteiger partial charge on any atom is 0.411 e. The van der Waals surface area contributed by atoms with Gasteiger partial charge in [0.1, 0.15) is 18.7 Å². The smallest absolute Gasteiger partial charge is 0.411 e. The summed E-state index contributed by atoms with van der Waals surface area (Å²) in [4.78, 5) is 41.6. The van der Waals surface area contributed by atoms with E-state index in [0.717, 1.165) is 5.56 Å². The maximum absolute atomic E-state index is 13.8. The molecule has 220 valence electrons. The van der Waals surface area contributed by atoms with Crippen LogP contribution in [0.3, 0.4) is 0 Å². The lowest BCUT2D eigenvalue weighted by molar-refractivity contribution is -0.146. The summed E-state index contributed by atoms with van der Waals surface area (Å²) in [5.74, 6) is -1.33. The first-order valence-electron chi connectivity index (χ1n) is 13.7. The minimum Gasteiger partial charge on any atom is -0.467 e. The summed E-state index contributed by atoms with van der Waals surface area (Å²) in [6, 6.07) is 15.4. The third-order valence-corrected chi connectivity index (χ3v) is 12.8. The summed E-state index contributed by atoms with van der Waals surface area (Å²) in [5, 5.41) is 11.0. The number of fused-ring (bicyclic) bond motifs is 1. The molecule has 5 atom stereocenters. The van der Waals surface area contributed by atoms with Crippen molar-refractivity contribution in [3.8, 4) is 0 Å². The van der Waals surface area contributed by atoms with Gasteiger partial charge in [-0.15, -0.1) is 0 Å². The van der Waals surface area contributed by atoms with Crippen LogP contribution in [0.1, 0.15) is 43.1 Å². The minimum absolute atomic E-state index is 0.0419. The SMILES string of the molecule is COC(=O)[C@@H]1C[C@@]2(OC(=O)c3ccccc3)C=C[C@@H](O)[C@@H](O[Si](C)(C)C(C)(C)C)[C@H]2N1C(=O)OCc1ccccc1. The molecule has 1 saturated heterocycles. The van der Waals surface area contributed by atoms with Crippen molar-refractivity contribution in [3.63, 3.8) is 0 Å². The average Bonchev–Trinajstić information content (AvgIpc) is 3.28. The maximum atomic E-state index is 13.8. The van der Waals surface area contributed by atoms with Gasteiger partial charge in [-0.05, 0) is 41.9 Å². The first-order valence-corrected chi connectivity index (χ1v) is 16.6. The van der Waals surface area contributed by atoms with E-state index in [4.69, 9.17) is 18.6 Å². The quantitative estimate of drug-likeness (QED) is 0.214. The predicted molar refractivity (Wildman–Crippen MR) is 154 cm³/mol. The molecule has 10 heteroatoms. The van der Waals surface area contributed by atoms with Gasteiger partial charge >= 0.3 is 18.0 Å². The largest absolute Gasteiger partial charge is 0.467 e. The molecular formula is C31H39NO8Si. The van der Waals surface area contributed by atoms with Crippen LogP contribution in [0.15, 0.2) is 72.8 Å². The number of aliphatic hydroxyl groups is 1. The van der Waals surface area contributed by atoms with Crippen molar-refractivity contribution in [1.82, 2.24) is 4.90 Å². The van der Waals surface area contributed by atoms with Gasteiger partial charge in [0.25, 0.3) is 0 Å². The van der Waals surface area contributed by atoms with Crippen LogP contribution in [0.4, 0.5) is 4.79 Å². The molecule has 0 spiro atoms. The zero-order chi connectivity index (χ0) is 30.0. The highest BCUT2D eigenvalue weighted by molar-refractivity contribution is 6.74. The fraction of sp³-hybridized carbons (Fsp3) is 0.452. The van der Waals surface area contributed by atoms with Crippen molar-refractivity contribution in [2.75, 3.05) is 7.11 Å². The van der Waals surface area contributed by atoms with Crippen molar-refractivity contribution >= 4 is 26.3 Å². The minimum atomic E-state index is -2.55. The van der Waals surface area contributed by atoms with Crippen LogP contribution in [-0.2, 0) is 30.0 Å². The van der Waals surface area contributed by atoms with Crippen LogP contribution < -0.4 is 0 Å². The summed E-state index contributed by atoms with van der Waals surface area (Å²) < 4.78 is 23.7. The first-order chi connectivity index (χ1) is 19.3. The summed E-state index contributed by atoms with van der Waals surface area (Å²) in [5.41, 5.74) is -0.431. The van der Waals surface area contributed by atoms with Crippen LogP contribution >= 0.6 is 0 Å². The van der Waals surface area contributed by atoms with Crippen LogP contribution in [0.25, 0.3) is 0 Å². The number of nitrogens with zero attached hydrogens (tertiary/aromatic N) is 1. The first kappa shape index (κ1) is 30.5. The van der Waals surface area contributed by atoms with Gasteiger partial charge in [0.2, 0.25) is 0 Å². The van der Waals surface area contributed by atoms with Crippen LogP contribution in [0.2, 0.25) is 18.1 Å². The molecule has 2 aromatic carbocycles. The van der Waals surface area contributed by atoms with Gasteiger partial charge in [-0.25, -0.2) is 14.4 Å². The highest BCUT2D eigenvalue weighted by atomic mass is 28.4. The van der Waals surface area contributed by atoms with Gasteiger partial charge < -0.3 is 23.7 Å². The summed E-state index contributed by atoms with van der Waals surface area (Å²) in [7, 11) is -1.32. The van der Waals surface area contributed by atoms with E-state index in [2.05, 4.69) is 20.8 Å². The van der Waals surface area contributed by atoms with Crippen molar-refractivity contribution in [2.45, 2.75) is 81.8 Å². The number of hydrogen-bond donors (Lipinski definition) is 1. The van der Waals surface area contributed by atoms with Crippen molar-refractivity contribution < 1.29 is 38.1 Å². The van der Waals surface area contributed by atoms with Crippen LogP contribution in [0.5, 0.6) is 0 Å². The second kappa shape index (κ2) is 11.8. The molecule has 1 fully saturated rings. The standard InChI is InChI=1S/C31H39NO8Si/c1-30(2,3)41(5,6)40-25-24(33)17-18-31(39-27(34)22-15-11-8-12-16-22)19-23(28(35)37-4)32(26(25)31)29(36)38-20-21-13-9-7-10-14-21/h7-18,23-26,33H,19-20H2,1-6H3/t23-,24+,25+,26+,31-/m0/s1. The van der Waals surface area contributed by atoms with E-state index in [0.29, 0.717) is 5.56 Å². The number of carbonyl (C=O) groups excluding carboxylic acids is 3. The van der Waals surface area contributed by atoms with E-state index in [9.17, 15) is 19.5 Å². The third kappa shape index (κ3) is 6.24. The topological polar surface area (TPSA) is 112 Å². The molecule has 9 nitrogen and oxygen atoms in total. The number of ether oxygens (including phenoxy) is 3. The number of likely N-dealkylation sites (tertiary alicyclic amines) is 1. The normalized spacial score (nSPS) is 25.8. The summed E-state index contributed by atoms with van der Waals surface area (Å²) in [6.07, 6.45) is 0.0266. The van der Waals surface area contributed by atoms with Crippen LogP contribution in [-0.4, -0.2) is 73.4 Å². The zero-order valence-electron chi connectivity index (χ0n) is 24.4. The van der Waals surface area contributed by atoms with Gasteiger partial charge in [0, 0.05) is 6.42 Å². The second-order valence-electron chi connectivity index (χ2n) is 12.0. The van der Waals surface area contributed by atoms with Crippen LogP contribution in [0, 0.1) is 0 Å². The summed E-state index contributed by atoms with van der Waals surface area (Å²) >= 11 is 0. The molecule has 2 aliphatic rings. The highest BCUT2D eigenvalue weighted by Gasteiger charge is 2.64. The lowest BCUT2D eigenvalue weighted by atomic mass is 9.82. The zero-order valence-corrected chi connectivity index (χ0v) is 25.4. The molecule has 1 aliphatic heterocycles. The average molecular weight is 582 g/mol. The molecular weight excluding hydrogens is 542 g/mol. The van der Waals surface area contributed by atoms with E-state index >= 15 is 0 Å². The second-order valence-corrected chi connectivity index (χ2v) is 16.8. The van der Waals surface area contributed by atoms with Gasteiger partial charge in [-0.2, -0.15) is 0 Å². The third-order valence-electron chi connectivity index (χ3n) is 8.29. The number of esters is 2. The van der Waals surface area contributed by atoms with E-state index in [1.807, 2.05) is 43.4 Å². The van der Waals surface area contributed by atoms with Crippen molar-refractivity contribution in [3.05, 3.63) is 83.9 Å². The molecule has 1 aliphatic carbocycles. The molecule has 1 amide bonds. The Kier molecular flexibility index (Phi) is 8.77. The number of amides is 1. The fourth-order valence-corrected chi connectivity index (χ4v) is 6.37. The summed E-state index contributed by atoms with van der Waals surface area (Å²) in [6.45, 7) is 10.2. The molecule has 1 N–H and O–H groups in total. The lowest BCUT2D eigenvalue weighted by Gasteiger charge is -2.48. The van der Waals surface area contributed by atoms with E-state index in [-0.39, 0.29) is 18.1 Å². The number of aliphatic hydroxyl groups excluding tert-OH is 1. The number of methoxy groups -OCH3 is 1.